The zero-order chi connectivity index (χ0) is 30.5. The van der Waals surface area contributed by atoms with Crippen LogP contribution in [0.1, 0.15) is 0 Å². The minimum atomic E-state index is -0.446. The third kappa shape index (κ3) is 11.1. The van der Waals surface area contributed by atoms with Gasteiger partial charge in [0.2, 0.25) is 0 Å². The van der Waals surface area contributed by atoms with E-state index < -0.39 is 15.8 Å². The number of halogens is 1. The molecule has 0 aliphatic rings. The second-order valence-electron chi connectivity index (χ2n) is 8.89. The standard InChI is InChI=1S/2C18H15P.C3H3.BrH.Pd/c2*1-4-10-16(11-5-1)19(17-12-6-2-7-13-17)18-14-8-3-9-15-18;1-3-2;;/h2*1-15H;1H,2H2;1H;/q;;-1;;+2/p-1. The molecule has 4 heteroatoms. The van der Waals surface area contributed by atoms with Gasteiger partial charge >= 0.3 is 30.6 Å². The summed E-state index contributed by atoms with van der Waals surface area (Å²) in [6, 6.07) is 64.7. The molecule has 0 amide bonds. The molecule has 0 unspecified atom stereocenters. The summed E-state index contributed by atoms with van der Waals surface area (Å²) in [5.41, 5.74) is 2.00. The molecule has 0 saturated carbocycles. The second-order valence-corrected chi connectivity index (χ2v) is 13.3. The normalized spacial score (nSPS) is 9.70. The van der Waals surface area contributed by atoms with Gasteiger partial charge in [-0.2, -0.15) is 0 Å². The van der Waals surface area contributed by atoms with Crippen molar-refractivity contribution in [3.8, 4) is 0 Å². The quantitative estimate of drug-likeness (QED) is 0.0694. The first kappa shape index (κ1) is 34.3. The molecule has 0 N–H and O–H groups in total. The Morgan fingerprint density at radius 1 is 0.372 bits per heavy atom. The molecule has 6 rings (SSSR count). The van der Waals surface area contributed by atoms with Gasteiger partial charge in [-0.15, -0.1) is 0 Å². The average molecular weight is 750 g/mol. The third-order valence-corrected chi connectivity index (χ3v) is 11.0. The van der Waals surface area contributed by atoms with Gasteiger partial charge in [-0.25, -0.2) is 13.2 Å². The third-order valence-electron chi connectivity index (χ3n) is 6.09. The van der Waals surface area contributed by atoms with Crippen LogP contribution in [-0.4, -0.2) is 0 Å². The van der Waals surface area contributed by atoms with E-state index in [1.807, 2.05) is 5.73 Å². The van der Waals surface area contributed by atoms with E-state index in [0.29, 0.717) is 0 Å². The number of benzene rings is 6. The Hall–Kier alpha value is -3.16. The van der Waals surface area contributed by atoms with Crippen molar-refractivity contribution in [2.75, 3.05) is 0 Å². The van der Waals surface area contributed by atoms with Crippen LogP contribution in [0.25, 0.3) is 0 Å². The molecular weight excluding hydrogens is 717 g/mol. The minimum Gasteiger partial charge on any atom is -0.342 e. The van der Waals surface area contributed by atoms with Gasteiger partial charge in [-0.05, 0) is 47.7 Å². The molecule has 0 heterocycles. The first-order valence-electron chi connectivity index (χ1n) is 13.6. The summed E-state index contributed by atoms with van der Waals surface area (Å²) < 4.78 is 0. The van der Waals surface area contributed by atoms with Crippen molar-refractivity contribution in [2.24, 2.45) is 0 Å². The van der Waals surface area contributed by atoms with Crippen LogP contribution >= 0.6 is 29.3 Å². The molecule has 6 aromatic rings. The summed E-state index contributed by atoms with van der Waals surface area (Å²) in [7, 11) is -0.892. The van der Waals surface area contributed by atoms with Crippen molar-refractivity contribution in [3.05, 3.63) is 201 Å². The predicted molar refractivity (Wildman–Crippen MR) is 193 cm³/mol. The maximum absolute atomic E-state index is 4.49. The summed E-state index contributed by atoms with van der Waals surface area (Å²) >= 11 is 5.35. The van der Waals surface area contributed by atoms with E-state index >= 15 is 0 Å². The van der Waals surface area contributed by atoms with E-state index in [2.05, 4.69) is 226 Å². The van der Waals surface area contributed by atoms with Crippen molar-refractivity contribution in [1.29, 1.82) is 0 Å². The van der Waals surface area contributed by atoms with E-state index in [4.69, 9.17) is 0 Å². The molecule has 0 aliphatic carbocycles. The molecule has 6 aromatic carbocycles. The van der Waals surface area contributed by atoms with Crippen molar-refractivity contribution >= 4 is 61.1 Å². The predicted octanol–water partition coefficient (Wildman–Crippen LogP) is 8.49. The molecule has 0 spiro atoms. The van der Waals surface area contributed by atoms with Crippen molar-refractivity contribution in [2.45, 2.75) is 0 Å². The Morgan fingerprint density at radius 3 is 0.605 bits per heavy atom. The maximum atomic E-state index is 4.49. The molecule has 0 saturated heterocycles. The van der Waals surface area contributed by atoms with Crippen LogP contribution in [0.15, 0.2) is 194 Å². The maximum Gasteiger partial charge on any atom is -0.0134 e. The number of hydrogen-bond acceptors (Lipinski definition) is 0. The number of rotatable bonds is 6. The van der Waals surface area contributed by atoms with Gasteiger partial charge in [0.15, 0.2) is 0 Å². The van der Waals surface area contributed by atoms with Crippen molar-refractivity contribution in [3.63, 3.8) is 0 Å². The molecule has 0 fully saturated rings. The van der Waals surface area contributed by atoms with Crippen LogP contribution in [0, 0.1) is 6.58 Å². The summed E-state index contributed by atoms with van der Waals surface area (Å²) in [5.74, 6) is 0. The fourth-order valence-electron chi connectivity index (χ4n) is 4.36. The SMILES string of the molecule is [Br][Pd+].[CH-]=C=C.c1ccc(P(c2ccccc2)c2ccccc2)cc1.c1ccc(P(c2ccccc2)c2ccccc2)cc1. The van der Waals surface area contributed by atoms with Crippen molar-refractivity contribution < 1.29 is 17.2 Å². The topological polar surface area (TPSA) is 0 Å². The molecule has 0 bridgehead atoms. The van der Waals surface area contributed by atoms with Crippen LogP contribution in [-0.2, 0) is 17.2 Å². The minimum absolute atomic E-state index is 0.446. The van der Waals surface area contributed by atoms with Gasteiger partial charge in [0.1, 0.15) is 0 Å². The molecule has 0 atom stereocenters. The van der Waals surface area contributed by atoms with Gasteiger partial charge in [-0.3, -0.25) is 0 Å². The van der Waals surface area contributed by atoms with E-state index in [0.717, 1.165) is 0 Å². The Kier molecular flexibility index (Phi) is 16.5. The molecule has 0 radical (unpaired) electrons. The van der Waals surface area contributed by atoms with Crippen LogP contribution in [0.4, 0.5) is 0 Å². The smallest absolute Gasteiger partial charge is 0.0134 e. The first-order valence-corrected chi connectivity index (χ1v) is 19.8. The van der Waals surface area contributed by atoms with Crippen molar-refractivity contribution in [1.82, 2.24) is 0 Å². The zero-order valence-corrected chi connectivity index (χ0v) is 28.6. The first-order chi connectivity index (χ1) is 21.3. The largest absolute Gasteiger partial charge is 0.342 e. The summed E-state index contributed by atoms with van der Waals surface area (Å²) in [4.78, 5) is 0. The van der Waals surface area contributed by atoms with E-state index in [-0.39, 0.29) is 0 Å². The monoisotopic (exact) mass is 748 g/mol. The zero-order valence-electron chi connectivity index (χ0n) is 23.7. The number of hydrogen-bond donors (Lipinski definition) is 0. The van der Waals surface area contributed by atoms with Gasteiger partial charge in [0.25, 0.3) is 0 Å². The Balaban J connectivity index is 0.000000205. The van der Waals surface area contributed by atoms with Gasteiger partial charge in [-0.1, -0.05) is 182 Å². The Morgan fingerprint density at radius 2 is 0.488 bits per heavy atom. The Labute approximate surface area is 277 Å². The molecule has 0 nitrogen and oxygen atoms in total. The molecule has 0 aliphatic heterocycles. The van der Waals surface area contributed by atoms with Gasteiger partial charge < -0.3 is 5.73 Å². The van der Waals surface area contributed by atoms with Gasteiger partial charge in [0, 0.05) is 0 Å². The van der Waals surface area contributed by atoms with Gasteiger partial charge in [0.05, 0.1) is 0 Å². The Bertz CT molecular complexity index is 1270. The molecular formula is C39H33BrP2Pd. The summed E-state index contributed by atoms with van der Waals surface area (Å²) in [5, 5.41) is 8.39. The van der Waals surface area contributed by atoms with Crippen LogP contribution in [0.5, 0.6) is 0 Å². The van der Waals surface area contributed by atoms with Crippen LogP contribution in [0.3, 0.4) is 0 Å². The molecule has 43 heavy (non-hydrogen) atoms. The fourth-order valence-corrected chi connectivity index (χ4v) is 8.97. The second kappa shape index (κ2) is 20.7. The molecule has 216 valence electrons. The van der Waals surface area contributed by atoms with Crippen LogP contribution in [0.2, 0.25) is 0 Å². The van der Waals surface area contributed by atoms with E-state index in [9.17, 15) is 0 Å². The van der Waals surface area contributed by atoms with E-state index in [1.54, 1.807) is 0 Å². The van der Waals surface area contributed by atoms with Crippen LogP contribution < -0.4 is 31.8 Å². The average Bonchev–Trinajstić information content (AvgIpc) is 3.10. The fraction of sp³-hybridized carbons (Fsp3) is 0. The summed E-state index contributed by atoms with van der Waals surface area (Å²) in [6.07, 6.45) is 0. The molecule has 0 aromatic heterocycles. The van der Waals surface area contributed by atoms with E-state index in [1.165, 1.54) is 31.8 Å². The summed E-state index contributed by atoms with van der Waals surface area (Å²) in [6.45, 7) is 7.50.